The maximum Gasteiger partial charge on any atom is 0.0598 e. The Morgan fingerprint density at radius 1 is 1.25 bits per heavy atom. The standard InChI is InChI=1S/C14H27NO/c1-13(2,3)16-11-14-8-5-7-12(14)15(4)10-6-9-14/h12H,5-11H2,1-4H3/t12-,14-/m1/s1. The second kappa shape index (κ2) is 4.30. The van der Waals surface area contributed by atoms with E-state index < -0.39 is 0 Å². The molecule has 0 aromatic heterocycles. The van der Waals surface area contributed by atoms with Crippen LogP contribution in [-0.4, -0.2) is 36.7 Å². The average Bonchev–Trinajstić information content (AvgIpc) is 2.60. The van der Waals surface area contributed by atoms with E-state index in [1.807, 2.05) is 0 Å². The van der Waals surface area contributed by atoms with Crippen molar-refractivity contribution < 1.29 is 4.74 Å². The molecule has 1 aliphatic heterocycles. The highest BCUT2D eigenvalue weighted by atomic mass is 16.5. The molecule has 2 heteroatoms. The van der Waals surface area contributed by atoms with Crippen molar-refractivity contribution in [1.82, 2.24) is 4.90 Å². The monoisotopic (exact) mass is 225 g/mol. The fourth-order valence-electron chi connectivity index (χ4n) is 3.54. The van der Waals surface area contributed by atoms with Crippen molar-refractivity contribution in [2.45, 2.75) is 64.5 Å². The minimum Gasteiger partial charge on any atom is -0.375 e. The lowest BCUT2D eigenvalue weighted by molar-refractivity contribution is -0.0846. The number of likely N-dealkylation sites (tertiary alicyclic amines) is 1. The molecule has 2 aliphatic rings. The minimum atomic E-state index is 0.0118. The van der Waals surface area contributed by atoms with Gasteiger partial charge in [0.2, 0.25) is 0 Å². The zero-order chi connectivity index (χ0) is 11.8. The predicted molar refractivity (Wildman–Crippen MR) is 67.6 cm³/mol. The van der Waals surface area contributed by atoms with E-state index in [0.29, 0.717) is 5.41 Å². The first-order chi connectivity index (χ1) is 7.43. The maximum absolute atomic E-state index is 6.10. The first kappa shape index (κ1) is 12.4. The van der Waals surface area contributed by atoms with Crippen LogP contribution in [0.2, 0.25) is 0 Å². The summed E-state index contributed by atoms with van der Waals surface area (Å²) in [6, 6.07) is 0.781. The van der Waals surface area contributed by atoms with E-state index in [1.165, 1.54) is 38.6 Å². The van der Waals surface area contributed by atoms with Crippen LogP contribution in [0.25, 0.3) is 0 Å². The molecule has 2 atom stereocenters. The molecule has 0 radical (unpaired) electrons. The molecule has 1 aliphatic carbocycles. The van der Waals surface area contributed by atoms with Gasteiger partial charge >= 0.3 is 0 Å². The molecule has 1 saturated carbocycles. The second-order valence-corrected chi connectivity index (χ2v) is 6.76. The van der Waals surface area contributed by atoms with E-state index in [-0.39, 0.29) is 5.60 Å². The van der Waals surface area contributed by atoms with Gasteiger partial charge in [-0.3, -0.25) is 0 Å². The van der Waals surface area contributed by atoms with Crippen LogP contribution in [0.5, 0.6) is 0 Å². The Morgan fingerprint density at radius 2 is 1.94 bits per heavy atom. The van der Waals surface area contributed by atoms with Crippen LogP contribution in [0.3, 0.4) is 0 Å². The molecule has 94 valence electrons. The van der Waals surface area contributed by atoms with Crippen LogP contribution in [0, 0.1) is 5.41 Å². The van der Waals surface area contributed by atoms with E-state index in [4.69, 9.17) is 4.74 Å². The third-order valence-electron chi connectivity index (χ3n) is 4.37. The summed E-state index contributed by atoms with van der Waals surface area (Å²) in [5.74, 6) is 0. The van der Waals surface area contributed by atoms with Crippen molar-refractivity contribution >= 4 is 0 Å². The Bertz CT molecular complexity index is 246. The van der Waals surface area contributed by atoms with E-state index in [2.05, 4.69) is 32.7 Å². The van der Waals surface area contributed by atoms with Crippen molar-refractivity contribution in [2.75, 3.05) is 20.2 Å². The number of hydrogen-bond donors (Lipinski definition) is 0. The number of nitrogens with zero attached hydrogens (tertiary/aromatic N) is 1. The van der Waals surface area contributed by atoms with Crippen molar-refractivity contribution in [3.8, 4) is 0 Å². The molecular formula is C14H27NO. The number of hydrogen-bond acceptors (Lipinski definition) is 2. The van der Waals surface area contributed by atoms with Gasteiger partial charge in [0, 0.05) is 11.5 Å². The zero-order valence-electron chi connectivity index (χ0n) is 11.4. The summed E-state index contributed by atoms with van der Waals surface area (Å²) < 4.78 is 6.10. The Morgan fingerprint density at radius 3 is 2.62 bits per heavy atom. The summed E-state index contributed by atoms with van der Waals surface area (Å²) in [5.41, 5.74) is 0.484. The molecular weight excluding hydrogens is 198 g/mol. The summed E-state index contributed by atoms with van der Waals surface area (Å²) in [4.78, 5) is 2.57. The highest BCUT2D eigenvalue weighted by Crippen LogP contribution is 2.47. The molecule has 1 heterocycles. The van der Waals surface area contributed by atoms with Crippen molar-refractivity contribution in [3.05, 3.63) is 0 Å². The first-order valence-corrected chi connectivity index (χ1v) is 6.77. The van der Waals surface area contributed by atoms with Crippen LogP contribution >= 0.6 is 0 Å². The summed E-state index contributed by atoms with van der Waals surface area (Å²) in [5, 5.41) is 0. The van der Waals surface area contributed by atoms with Gasteiger partial charge in [0.25, 0.3) is 0 Å². The van der Waals surface area contributed by atoms with Gasteiger partial charge in [-0.2, -0.15) is 0 Å². The van der Waals surface area contributed by atoms with Crippen LogP contribution < -0.4 is 0 Å². The molecule has 0 amide bonds. The van der Waals surface area contributed by atoms with E-state index >= 15 is 0 Å². The van der Waals surface area contributed by atoms with Gasteiger partial charge < -0.3 is 9.64 Å². The lowest BCUT2D eigenvalue weighted by Crippen LogP contribution is -2.50. The average molecular weight is 225 g/mol. The third kappa shape index (κ3) is 2.43. The van der Waals surface area contributed by atoms with Crippen LogP contribution in [0.1, 0.15) is 52.9 Å². The number of ether oxygens (including phenoxy) is 1. The molecule has 0 aromatic rings. The van der Waals surface area contributed by atoms with Gasteiger partial charge in [-0.05, 0) is 60.0 Å². The first-order valence-electron chi connectivity index (χ1n) is 6.77. The van der Waals surface area contributed by atoms with Crippen LogP contribution in [0.15, 0.2) is 0 Å². The Balaban J connectivity index is 2.03. The van der Waals surface area contributed by atoms with Gasteiger partial charge in [0.05, 0.1) is 12.2 Å². The highest BCUT2D eigenvalue weighted by Gasteiger charge is 2.47. The molecule has 0 bridgehead atoms. The van der Waals surface area contributed by atoms with Crippen molar-refractivity contribution in [2.24, 2.45) is 5.41 Å². The van der Waals surface area contributed by atoms with Crippen LogP contribution in [0.4, 0.5) is 0 Å². The van der Waals surface area contributed by atoms with Crippen molar-refractivity contribution in [1.29, 1.82) is 0 Å². The van der Waals surface area contributed by atoms with Crippen molar-refractivity contribution in [3.63, 3.8) is 0 Å². The lowest BCUT2D eigenvalue weighted by atomic mass is 9.75. The smallest absolute Gasteiger partial charge is 0.0598 e. The molecule has 2 rings (SSSR count). The van der Waals surface area contributed by atoms with Gasteiger partial charge in [-0.15, -0.1) is 0 Å². The molecule has 0 spiro atoms. The lowest BCUT2D eigenvalue weighted by Gasteiger charge is -2.46. The number of fused-ring (bicyclic) bond motifs is 1. The summed E-state index contributed by atoms with van der Waals surface area (Å²) in [6.07, 6.45) is 6.86. The second-order valence-electron chi connectivity index (χ2n) is 6.76. The van der Waals surface area contributed by atoms with Gasteiger partial charge in [0.15, 0.2) is 0 Å². The molecule has 16 heavy (non-hydrogen) atoms. The van der Waals surface area contributed by atoms with E-state index in [9.17, 15) is 0 Å². The molecule has 2 fully saturated rings. The minimum absolute atomic E-state index is 0.0118. The van der Waals surface area contributed by atoms with E-state index in [1.54, 1.807) is 0 Å². The number of rotatable bonds is 2. The fraction of sp³-hybridized carbons (Fsp3) is 1.00. The predicted octanol–water partition coefficient (Wildman–Crippen LogP) is 3.07. The van der Waals surface area contributed by atoms with Gasteiger partial charge in [-0.1, -0.05) is 6.42 Å². The topological polar surface area (TPSA) is 12.5 Å². The molecule has 0 unspecified atom stereocenters. The summed E-state index contributed by atoms with van der Waals surface area (Å²) in [7, 11) is 2.29. The maximum atomic E-state index is 6.10. The van der Waals surface area contributed by atoms with E-state index in [0.717, 1.165) is 12.6 Å². The molecule has 0 aromatic carbocycles. The highest BCUT2D eigenvalue weighted by molar-refractivity contribution is 5.00. The number of piperidine rings is 1. The Kier molecular flexibility index (Phi) is 3.33. The fourth-order valence-corrected chi connectivity index (χ4v) is 3.54. The molecule has 2 nitrogen and oxygen atoms in total. The van der Waals surface area contributed by atoms with Crippen LogP contribution in [-0.2, 0) is 4.74 Å². The Labute approximate surface area is 100 Å². The SMILES string of the molecule is CN1CCC[C@@]2(COC(C)(C)C)CCC[C@@H]12. The molecule has 1 saturated heterocycles. The Hall–Kier alpha value is -0.0800. The van der Waals surface area contributed by atoms with Gasteiger partial charge in [0.1, 0.15) is 0 Å². The molecule has 0 N–H and O–H groups in total. The largest absolute Gasteiger partial charge is 0.375 e. The summed E-state index contributed by atoms with van der Waals surface area (Å²) >= 11 is 0. The zero-order valence-corrected chi connectivity index (χ0v) is 11.4. The quantitative estimate of drug-likeness (QED) is 0.716. The van der Waals surface area contributed by atoms with Gasteiger partial charge in [-0.25, -0.2) is 0 Å². The normalized spacial score (nSPS) is 36.4. The summed E-state index contributed by atoms with van der Waals surface area (Å²) in [6.45, 7) is 8.74. The third-order valence-corrected chi connectivity index (χ3v) is 4.37.